The Morgan fingerprint density at radius 2 is 1.92 bits per heavy atom. The van der Waals surface area contributed by atoms with E-state index in [-0.39, 0.29) is 19.0 Å². The van der Waals surface area contributed by atoms with Crippen LogP contribution in [0.25, 0.3) is 0 Å². The SMILES string of the molecule is CN(CC(=O)N1C[C@@H](C(N)=O)Oc2ccccc21)Cc1ccccc1Br. The second kappa shape index (κ2) is 7.88. The van der Waals surface area contributed by atoms with Crippen LogP contribution in [-0.4, -0.2) is 43.0 Å². The molecule has 0 aliphatic carbocycles. The zero-order chi connectivity index (χ0) is 18.7. The Morgan fingerprint density at radius 3 is 2.65 bits per heavy atom. The number of ether oxygens (including phenoxy) is 1. The number of rotatable bonds is 5. The number of benzene rings is 2. The predicted molar refractivity (Wildman–Crippen MR) is 103 cm³/mol. The van der Waals surface area contributed by atoms with Gasteiger partial charge in [0.05, 0.1) is 18.8 Å². The van der Waals surface area contributed by atoms with Gasteiger partial charge in [-0.05, 0) is 30.8 Å². The molecule has 0 fully saturated rings. The maximum atomic E-state index is 12.9. The van der Waals surface area contributed by atoms with Gasteiger partial charge in [-0.2, -0.15) is 0 Å². The van der Waals surface area contributed by atoms with Crippen LogP contribution in [0.15, 0.2) is 53.0 Å². The predicted octanol–water partition coefficient (Wildman–Crippen LogP) is 2.16. The third kappa shape index (κ3) is 4.05. The van der Waals surface area contributed by atoms with Gasteiger partial charge in [0.15, 0.2) is 6.10 Å². The van der Waals surface area contributed by atoms with Gasteiger partial charge in [-0.1, -0.05) is 46.3 Å². The quantitative estimate of drug-likeness (QED) is 0.808. The summed E-state index contributed by atoms with van der Waals surface area (Å²) in [5, 5.41) is 0. The number of primary amides is 1. The summed E-state index contributed by atoms with van der Waals surface area (Å²) in [4.78, 5) is 28.0. The Morgan fingerprint density at radius 1 is 1.23 bits per heavy atom. The van der Waals surface area contributed by atoms with E-state index in [1.165, 1.54) is 0 Å². The first-order valence-electron chi connectivity index (χ1n) is 8.23. The average Bonchev–Trinajstić information content (AvgIpc) is 2.62. The molecule has 1 aliphatic rings. The number of anilines is 1. The summed E-state index contributed by atoms with van der Waals surface area (Å²) in [6.07, 6.45) is -0.845. The Balaban J connectivity index is 1.74. The van der Waals surface area contributed by atoms with Crippen molar-refractivity contribution in [3.63, 3.8) is 0 Å². The fourth-order valence-electron chi connectivity index (χ4n) is 2.91. The van der Waals surface area contributed by atoms with Crippen LogP contribution in [0.3, 0.4) is 0 Å². The molecule has 6 nitrogen and oxygen atoms in total. The average molecular weight is 418 g/mol. The molecule has 0 aromatic heterocycles. The first kappa shape index (κ1) is 18.4. The molecule has 0 radical (unpaired) electrons. The second-order valence-corrected chi connectivity index (χ2v) is 7.10. The topological polar surface area (TPSA) is 75.9 Å². The lowest BCUT2D eigenvalue weighted by Crippen LogP contribution is -2.51. The second-order valence-electron chi connectivity index (χ2n) is 6.24. The highest BCUT2D eigenvalue weighted by molar-refractivity contribution is 9.10. The molecule has 0 spiro atoms. The van der Waals surface area contributed by atoms with Gasteiger partial charge in [0.2, 0.25) is 5.91 Å². The minimum atomic E-state index is -0.845. The van der Waals surface area contributed by atoms with Gasteiger partial charge < -0.3 is 15.4 Å². The first-order chi connectivity index (χ1) is 12.5. The Hall–Kier alpha value is -2.38. The third-order valence-electron chi connectivity index (χ3n) is 4.20. The monoisotopic (exact) mass is 417 g/mol. The van der Waals surface area contributed by atoms with E-state index in [0.717, 1.165) is 10.0 Å². The summed E-state index contributed by atoms with van der Waals surface area (Å²) in [6, 6.07) is 15.1. The van der Waals surface area contributed by atoms with E-state index < -0.39 is 12.0 Å². The third-order valence-corrected chi connectivity index (χ3v) is 4.97. The van der Waals surface area contributed by atoms with E-state index in [1.807, 2.05) is 42.3 Å². The van der Waals surface area contributed by atoms with Gasteiger partial charge in [0.25, 0.3) is 5.91 Å². The first-order valence-corrected chi connectivity index (χ1v) is 9.02. The van der Waals surface area contributed by atoms with E-state index in [2.05, 4.69) is 15.9 Å². The molecule has 3 rings (SSSR count). The van der Waals surface area contributed by atoms with Crippen molar-refractivity contribution < 1.29 is 14.3 Å². The number of nitrogens with two attached hydrogens (primary N) is 1. The largest absolute Gasteiger partial charge is 0.477 e. The molecule has 1 aliphatic heterocycles. The molecule has 7 heteroatoms. The van der Waals surface area contributed by atoms with Crippen molar-refractivity contribution in [3.8, 4) is 5.75 Å². The van der Waals surface area contributed by atoms with Crippen molar-refractivity contribution in [2.45, 2.75) is 12.6 Å². The standard InChI is InChI=1S/C19H20BrN3O3/c1-22(10-13-6-2-3-7-14(13)20)12-18(24)23-11-17(19(21)25)26-16-9-5-4-8-15(16)23/h2-9,17H,10-12H2,1H3,(H2,21,25)/t17-/m0/s1. The van der Waals surface area contributed by atoms with Crippen molar-refractivity contribution in [1.29, 1.82) is 0 Å². The van der Waals surface area contributed by atoms with Crippen LogP contribution in [0.4, 0.5) is 5.69 Å². The number of likely N-dealkylation sites (N-methyl/N-ethyl adjacent to an activating group) is 1. The molecule has 0 saturated carbocycles. The number of amides is 2. The van der Waals surface area contributed by atoms with E-state index in [0.29, 0.717) is 18.0 Å². The van der Waals surface area contributed by atoms with Crippen LogP contribution in [-0.2, 0) is 16.1 Å². The fraction of sp³-hybridized carbons (Fsp3) is 0.263. The van der Waals surface area contributed by atoms with Crippen molar-refractivity contribution in [2.75, 3.05) is 25.0 Å². The summed E-state index contributed by atoms with van der Waals surface area (Å²) >= 11 is 3.52. The molecule has 1 atom stereocenters. The molecule has 2 aromatic rings. The molecule has 0 unspecified atom stereocenters. The summed E-state index contributed by atoms with van der Waals surface area (Å²) in [5.41, 5.74) is 7.14. The van der Waals surface area contributed by atoms with Crippen LogP contribution in [0.5, 0.6) is 5.75 Å². The summed E-state index contributed by atoms with van der Waals surface area (Å²) in [5.74, 6) is -0.204. The molecule has 0 saturated heterocycles. The van der Waals surface area contributed by atoms with Crippen molar-refractivity contribution in [1.82, 2.24) is 4.90 Å². The van der Waals surface area contributed by atoms with E-state index in [1.54, 1.807) is 23.1 Å². The molecule has 2 N–H and O–H groups in total. The normalized spacial score (nSPS) is 16.1. The van der Waals surface area contributed by atoms with Crippen LogP contribution in [0.1, 0.15) is 5.56 Å². The Labute approximate surface area is 160 Å². The van der Waals surface area contributed by atoms with Crippen molar-refractivity contribution >= 4 is 33.4 Å². The summed E-state index contributed by atoms with van der Waals surface area (Å²) < 4.78 is 6.61. The summed E-state index contributed by atoms with van der Waals surface area (Å²) in [7, 11) is 1.88. The molecule has 1 heterocycles. The maximum absolute atomic E-state index is 12.9. The fourth-order valence-corrected chi connectivity index (χ4v) is 3.32. The van der Waals surface area contributed by atoms with Gasteiger partial charge in [-0.3, -0.25) is 14.5 Å². The lowest BCUT2D eigenvalue weighted by atomic mass is 10.1. The number of halogens is 1. The zero-order valence-electron chi connectivity index (χ0n) is 14.4. The van der Waals surface area contributed by atoms with Gasteiger partial charge in [0.1, 0.15) is 5.75 Å². The van der Waals surface area contributed by atoms with Crippen molar-refractivity contribution in [2.24, 2.45) is 5.73 Å². The van der Waals surface area contributed by atoms with Crippen molar-refractivity contribution in [3.05, 3.63) is 58.6 Å². The molecular formula is C19H20BrN3O3. The number of hydrogen-bond donors (Lipinski definition) is 1. The number of para-hydroxylation sites is 2. The molecule has 136 valence electrons. The zero-order valence-corrected chi connectivity index (χ0v) is 16.0. The maximum Gasteiger partial charge on any atom is 0.260 e. The molecule has 2 aromatic carbocycles. The number of fused-ring (bicyclic) bond motifs is 1. The molecular weight excluding hydrogens is 398 g/mol. The van der Waals surface area contributed by atoms with Crippen LogP contribution < -0.4 is 15.4 Å². The van der Waals surface area contributed by atoms with E-state index >= 15 is 0 Å². The van der Waals surface area contributed by atoms with Gasteiger partial charge in [-0.25, -0.2) is 0 Å². The molecule has 26 heavy (non-hydrogen) atoms. The smallest absolute Gasteiger partial charge is 0.260 e. The number of carbonyl (C=O) groups excluding carboxylic acids is 2. The minimum absolute atomic E-state index is 0.110. The Kier molecular flexibility index (Phi) is 5.58. The van der Waals surface area contributed by atoms with Gasteiger partial charge in [0, 0.05) is 11.0 Å². The highest BCUT2D eigenvalue weighted by Crippen LogP contribution is 2.33. The highest BCUT2D eigenvalue weighted by Gasteiger charge is 2.32. The number of carbonyl (C=O) groups is 2. The molecule has 2 amide bonds. The van der Waals surface area contributed by atoms with Crippen LogP contribution in [0.2, 0.25) is 0 Å². The van der Waals surface area contributed by atoms with Crippen LogP contribution >= 0.6 is 15.9 Å². The minimum Gasteiger partial charge on any atom is -0.477 e. The number of nitrogens with zero attached hydrogens (tertiary/aromatic N) is 2. The number of hydrogen-bond acceptors (Lipinski definition) is 4. The highest BCUT2D eigenvalue weighted by atomic mass is 79.9. The lowest BCUT2D eigenvalue weighted by molar-refractivity contribution is -0.125. The van der Waals surface area contributed by atoms with Gasteiger partial charge in [-0.15, -0.1) is 0 Å². The van der Waals surface area contributed by atoms with E-state index in [9.17, 15) is 9.59 Å². The Bertz CT molecular complexity index is 827. The van der Waals surface area contributed by atoms with Gasteiger partial charge >= 0.3 is 0 Å². The molecule has 0 bridgehead atoms. The van der Waals surface area contributed by atoms with Crippen LogP contribution in [0, 0.1) is 0 Å². The lowest BCUT2D eigenvalue weighted by Gasteiger charge is -2.34. The van der Waals surface area contributed by atoms with E-state index in [4.69, 9.17) is 10.5 Å². The summed E-state index contributed by atoms with van der Waals surface area (Å²) in [6.45, 7) is 0.952.